The van der Waals surface area contributed by atoms with E-state index in [9.17, 15) is 0 Å². The van der Waals surface area contributed by atoms with E-state index in [1.807, 2.05) is 12.1 Å². The molecule has 1 aliphatic rings. The number of nitrogen functional groups attached to an aromatic ring is 1. The highest BCUT2D eigenvalue weighted by molar-refractivity contribution is 9.10. The zero-order valence-corrected chi connectivity index (χ0v) is 10.9. The van der Waals surface area contributed by atoms with Gasteiger partial charge in [0.1, 0.15) is 0 Å². The number of hydrogen-bond acceptors (Lipinski definition) is 2. The first kappa shape index (κ1) is 10.2. The summed E-state index contributed by atoms with van der Waals surface area (Å²) in [5, 5.41) is 0. The first-order valence-electron chi connectivity index (χ1n) is 5.08. The van der Waals surface area contributed by atoms with Crippen molar-refractivity contribution in [2.45, 2.75) is 16.2 Å². The van der Waals surface area contributed by atoms with E-state index in [1.165, 1.54) is 20.9 Å². The fourth-order valence-corrected chi connectivity index (χ4v) is 3.47. The van der Waals surface area contributed by atoms with Crippen LogP contribution >= 0.6 is 27.7 Å². The lowest BCUT2D eigenvalue weighted by molar-refractivity contribution is 1.06. The Hall–Kier alpha value is -0.930. The van der Waals surface area contributed by atoms with Crippen LogP contribution in [0, 0.1) is 0 Å². The number of rotatable bonds is 0. The average Bonchev–Trinajstić information content (AvgIpc) is 2.28. The molecule has 0 fully saturated rings. The van der Waals surface area contributed by atoms with Crippen LogP contribution in [0.15, 0.2) is 50.7 Å². The van der Waals surface area contributed by atoms with E-state index in [2.05, 4.69) is 40.2 Å². The molecule has 80 valence electrons. The standard InChI is InChI=1S/C13H10BrNS/c14-9-4-5-12-8(6-9)7-10-11(15)2-1-3-13(10)16-12/h1-6H,7,15H2. The zero-order valence-electron chi connectivity index (χ0n) is 8.53. The number of hydrogen-bond donors (Lipinski definition) is 1. The van der Waals surface area contributed by atoms with Gasteiger partial charge in [-0.3, -0.25) is 0 Å². The molecule has 1 heterocycles. The van der Waals surface area contributed by atoms with E-state index in [-0.39, 0.29) is 0 Å². The van der Waals surface area contributed by atoms with E-state index < -0.39 is 0 Å². The maximum Gasteiger partial charge on any atom is 0.0361 e. The topological polar surface area (TPSA) is 26.0 Å². The third kappa shape index (κ3) is 1.64. The molecule has 0 saturated heterocycles. The second kappa shape index (κ2) is 3.82. The van der Waals surface area contributed by atoms with Gasteiger partial charge in [-0.1, -0.05) is 33.8 Å². The van der Waals surface area contributed by atoms with E-state index in [0.29, 0.717) is 0 Å². The van der Waals surface area contributed by atoms with Gasteiger partial charge in [0.2, 0.25) is 0 Å². The molecule has 0 amide bonds. The molecule has 0 radical (unpaired) electrons. The van der Waals surface area contributed by atoms with Crippen LogP contribution in [0.2, 0.25) is 0 Å². The largest absolute Gasteiger partial charge is 0.398 e. The van der Waals surface area contributed by atoms with E-state index in [0.717, 1.165) is 16.6 Å². The second-order valence-corrected chi connectivity index (χ2v) is 5.85. The van der Waals surface area contributed by atoms with Crippen LogP contribution in [0.4, 0.5) is 5.69 Å². The molecule has 16 heavy (non-hydrogen) atoms. The summed E-state index contributed by atoms with van der Waals surface area (Å²) in [5.74, 6) is 0. The quantitative estimate of drug-likeness (QED) is 0.632. The second-order valence-electron chi connectivity index (χ2n) is 3.85. The zero-order chi connectivity index (χ0) is 11.1. The maximum atomic E-state index is 6.01. The van der Waals surface area contributed by atoms with Crippen LogP contribution in [-0.4, -0.2) is 0 Å². The first-order chi connectivity index (χ1) is 7.74. The molecule has 2 aromatic carbocycles. The molecule has 0 aromatic heterocycles. The number of halogens is 1. The summed E-state index contributed by atoms with van der Waals surface area (Å²) in [6.45, 7) is 0. The summed E-state index contributed by atoms with van der Waals surface area (Å²) >= 11 is 5.31. The first-order valence-corrected chi connectivity index (χ1v) is 6.68. The number of fused-ring (bicyclic) bond motifs is 2. The van der Waals surface area contributed by atoms with Gasteiger partial charge in [0.15, 0.2) is 0 Å². The summed E-state index contributed by atoms with van der Waals surface area (Å²) in [6.07, 6.45) is 0.934. The highest BCUT2D eigenvalue weighted by Gasteiger charge is 2.17. The molecule has 0 saturated carbocycles. The van der Waals surface area contributed by atoms with Crippen molar-refractivity contribution in [2.24, 2.45) is 0 Å². The van der Waals surface area contributed by atoms with Gasteiger partial charge in [-0.25, -0.2) is 0 Å². The highest BCUT2D eigenvalue weighted by atomic mass is 79.9. The third-order valence-corrected chi connectivity index (χ3v) is 4.49. The summed E-state index contributed by atoms with van der Waals surface area (Å²) < 4.78 is 1.13. The molecule has 1 aliphatic heterocycles. The molecule has 0 spiro atoms. The van der Waals surface area contributed by atoms with Crippen LogP contribution in [-0.2, 0) is 6.42 Å². The summed E-state index contributed by atoms with van der Waals surface area (Å²) in [6, 6.07) is 12.6. The Morgan fingerprint density at radius 3 is 2.88 bits per heavy atom. The Bertz CT molecular complexity index is 566. The van der Waals surface area contributed by atoms with Gasteiger partial charge >= 0.3 is 0 Å². The van der Waals surface area contributed by atoms with Crippen molar-refractivity contribution < 1.29 is 0 Å². The predicted octanol–water partition coefficient (Wildman–Crippen LogP) is 4.09. The van der Waals surface area contributed by atoms with Crippen molar-refractivity contribution in [3.63, 3.8) is 0 Å². The molecular formula is C13H10BrNS. The molecular weight excluding hydrogens is 282 g/mol. The van der Waals surface area contributed by atoms with Gasteiger partial charge in [-0.15, -0.1) is 0 Å². The van der Waals surface area contributed by atoms with Crippen molar-refractivity contribution in [1.82, 2.24) is 0 Å². The molecule has 2 aromatic rings. The van der Waals surface area contributed by atoms with Crippen molar-refractivity contribution >= 4 is 33.4 Å². The monoisotopic (exact) mass is 291 g/mol. The van der Waals surface area contributed by atoms with Gasteiger partial charge in [0, 0.05) is 26.4 Å². The van der Waals surface area contributed by atoms with Crippen molar-refractivity contribution in [3.05, 3.63) is 52.0 Å². The number of anilines is 1. The fourth-order valence-electron chi connectivity index (χ4n) is 1.96. The molecule has 1 nitrogen and oxygen atoms in total. The van der Waals surface area contributed by atoms with Crippen molar-refractivity contribution in [1.29, 1.82) is 0 Å². The van der Waals surface area contributed by atoms with E-state index in [4.69, 9.17) is 5.73 Å². The van der Waals surface area contributed by atoms with Gasteiger partial charge in [0.25, 0.3) is 0 Å². The van der Waals surface area contributed by atoms with Gasteiger partial charge in [0.05, 0.1) is 0 Å². The Labute approximate surface area is 107 Å². The molecule has 0 bridgehead atoms. The molecule has 3 heteroatoms. The third-order valence-electron chi connectivity index (χ3n) is 2.78. The molecule has 2 N–H and O–H groups in total. The minimum absolute atomic E-state index is 0.899. The van der Waals surface area contributed by atoms with Crippen LogP contribution in [0.25, 0.3) is 0 Å². The Morgan fingerprint density at radius 1 is 1.12 bits per heavy atom. The Morgan fingerprint density at radius 2 is 2.00 bits per heavy atom. The lowest BCUT2D eigenvalue weighted by Gasteiger charge is -2.20. The molecule has 3 rings (SSSR count). The summed E-state index contributed by atoms with van der Waals surface area (Å²) in [5.41, 5.74) is 9.52. The molecule has 0 unspecified atom stereocenters. The molecule has 0 aliphatic carbocycles. The predicted molar refractivity (Wildman–Crippen MR) is 71.9 cm³/mol. The van der Waals surface area contributed by atoms with Gasteiger partial charge in [-0.05, 0) is 41.5 Å². The number of benzene rings is 2. The summed E-state index contributed by atoms with van der Waals surface area (Å²) in [4.78, 5) is 2.62. The smallest absolute Gasteiger partial charge is 0.0361 e. The average molecular weight is 292 g/mol. The highest BCUT2D eigenvalue weighted by Crippen LogP contribution is 2.42. The van der Waals surface area contributed by atoms with E-state index >= 15 is 0 Å². The lowest BCUT2D eigenvalue weighted by atomic mass is 10.0. The molecule has 0 atom stereocenters. The minimum Gasteiger partial charge on any atom is -0.398 e. The lowest BCUT2D eigenvalue weighted by Crippen LogP contribution is -2.03. The number of nitrogens with two attached hydrogens (primary N) is 1. The van der Waals surface area contributed by atoms with Crippen molar-refractivity contribution in [2.75, 3.05) is 5.73 Å². The Kier molecular flexibility index (Phi) is 2.45. The summed E-state index contributed by atoms with van der Waals surface area (Å²) in [7, 11) is 0. The van der Waals surface area contributed by atoms with Crippen molar-refractivity contribution in [3.8, 4) is 0 Å². The van der Waals surface area contributed by atoms with Gasteiger partial charge in [-0.2, -0.15) is 0 Å². The van der Waals surface area contributed by atoms with Crippen LogP contribution in [0.5, 0.6) is 0 Å². The van der Waals surface area contributed by atoms with Gasteiger partial charge < -0.3 is 5.73 Å². The van der Waals surface area contributed by atoms with Crippen LogP contribution < -0.4 is 5.73 Å². The minimum atomic E-state index is 0.899. The van der Waals surface area contributed by atoms with E-state index in [1.54, 1.807) is 11.8 Å². The maximum absolute atomic E-state index is 6.01. The normalized spacial score (nSPS) is 13.1. The fraction of sp³-hybridized carbons (Fsp3) is 0.0769. The SMILES string of the molecule is Nc1cccc2c1Cc1cc(Br)ccc1S2. The van der Waals surface area contributed by atoms with Crippen LogP contribution in [0.3, 0.4) is 0 Å². The Balaban J connectivity index is 2.13. The van der Waals surface area contributed by atoms with Crippen LogP contribution in [0.1, 0.15) is 11.1 Å².